The van der Waals surface area contributed by atoms with E-state index in [2.05, 4.69) is 26.0 Å². The minimum Gasteiger partial charge on any atom is -0.235 e. The molecule has 0 amide bonds. The van der Waals surface area contributed by atoms with E-state index < -0.39 is 0 Å². The van der Waals surface area contributed by atoms with Crippen molar-refractivity contribution in [2.75, 3.05) is 0 Å². The minimum atomic E-state index is 0.601. The van der Waals surface area contributed by atoms with Crippen molar-refractivity contribution in [2.45, 2.75) is 6.92 Å². The van der Waals surface area contributed by atoms with Crippen LogP contribution in [0, 0.1) is 6.92 Å². The fourth-order valence-electron chi connectivity index (χ4n) is 1.11. The van der Waals surface area contributed by atoms with E-state index in [1.54, 1.807) is 16.9 Å². The monoisotopic (exact) mass is 271 g/mol. The van der Waals surface area contributed by atoms with Crippen molar-refractivity contribution in [1.29, 1.82) is 0 Å². The summed E-state index contributed by atoms with van der Waals surface area (Å²) in [5.41, 5.74) is 0.952. The Labute approximate surface area is 94.9 Å². The second-order valence-electron chi connectivity index (χ2n) is 2.86. The molecular formula is C9H7BrClN3. The molecule has 72 valence electrons. The summed E-state index contributed by atoms with van der Waals surface area (Å²) in [4.78, 5) is 4.18. The molecule has 2 aromatic heterocycles. The van der Waals surface area contributed by atoms with E-state index in [0.29, 0.717) is 5.02 Å². The smallest absolute Gasteiger partial charge is 0.167 e. The lowest BCUT2D eigenvalue weighted by Crippen LogP contribution is -1.99. The Morgan fingerprint density at radius 3 is 2.86 bits per heavy atom. The van der Waals surface area contributed by atoms with Crippen molar-refractivity contribution in [3.8, 4) is 5.82 Å². The van der Waals surface area contributed by atoms with E-state index in [0.717, 1.165) is 16.0 Å². The third kappa shape index (κ3) is 1.81. The predicted molar refractivity (Wildman–Crippen MR) is 58.8 cm³/mol. The second kappa shape index (κ2) is 3.71. The third-order valence-corrected chi connectivity index (χ3v) is 2.52. The number of halogens is 2. The van der Waals surface area contributed by atoms with Gasteiger partial charge in [0.05, 0.1) is 15.2 Å². The molecule has 2 rings (SSSR count). The van der Waals surface area contributed by atoms with Crippen LogP contribution >= 0.6 is 27.5 Å². The van der Waals surface area contributed by atoms with Gasteiger partial charge in [-0.25, -0.2) is 9.67 Å². The lowest BCUT2D eigenvalue weighted by Gasteiger charge is -2.02. The molecule has 0 aliphatic heterocycles. The average Bonchev–Trinajstić information content (AvgIpc) is 2.51. The fraction of sp³-hybridized carbons (Fsp3) is 0.111. The largest absolute Gasteiger partial charge is 0.235 e. The molecule has 14 heavy (non-hydrogen) atoms. The molecule has 2 heterocycles. The Bertz CT molecular complexity index is 467. The zero-order valence-corrected chi connectivity index (χ0v) is 9.75. The summed E-state index contributed by atoms with van der Waals surface area (Å²) in [5.74, 6) is 0.738. The van der Waals surface area contributed by atoms with Crippen molar-refractivity contribution in [1.82, 2.24) is 14.8 Å². The first kappa shape index (κ1) is 9.68. The Balaban J connectivity index is 2.52. The number of pyridine rings is 1. The van der Waals surface area contributed by atoms with Crippen molar-refractivity contribution >= 4 is 27.5 Å². The highest BCUT2D eigenvalue weighted by Gasteiger charge is 2.05. The maximum atomic E-state index is 5.79. The maximum Gasteiger partial charge on any atom is 0.167 e. The Morgan fingerprint density at radius 1 is 1.50 bits per heavy atom. The molecule has 0 saturated heterocycles. The molecule has 0 unspecified atom stereocenters. The molecule has 0 aliphatic carbocycles. The van der Waals surface area contributed by atoms with Crippen LogP contribution in [0.5, 0.6) is 0 Å². The molecule has 0 bridgehead atoms. The van der Waals surface area contributed by atoms with Gasteiger partial charge in [-0.2, -0.15) is 5.10 Å². The van der Waals surface area contributed by atoms with Gasteiger partial charge in [-0.1, -0.05) is 11.6 Å². The first-order chi connectivity index (χ1) is 6.66. The van der Waals surface area contributed by atoms with Crippen LogP contribution < -0.4 is 0 Å². The van der Waals surface area contributed by atoms with Gasteiger partial charge in [0.2, 0.25) is 0 Å². The van der Waals surface area contributed by atoms with Crippen LogP contribution in [0.15, 0.2) is 29.0 Å². The summed E-state index contributed by atoms with van der Waals surface area (Å²) >= 11 is 9.17. The highest BCUT2D eigenvalue weighted by atomic mass is 79.9. The highest BCUT2D eigenvalue weighted by Crippen LogP contribution is 2.21. The summed E-state index contributed by atoms with van der Waals surface area (Å²) in [6.07, 6.45) is 3.45. The number of aryl methyl sites for hydroxylation is 1. The standard InChI is InChI=1S/C9H7BrClN3/c1-6-2-3-14(13-6)9-8(10)4-7(11)5-12-9/h2-5H,1H3. The normalized spacial score (nSPS) is 10.5. The van der Waals surface area contributed by atoms with Crippen LogP contribution in [0.3, 0.4) is 0 Å². The van der Waals surface area contributed by atoms with Gasteiger partial charge in [-0.3, -0.25) is 0 Å². The molecule has 5 heteroatoms. The van der Waals surface area contributed by atoms with E-state index >= 15 is 0 Å². The number of aromatic nitrogens is 3. The Kier molecular flexibility index (Phi) is 2.56. The lowest BCUT2D eigenvalue weighted by molar-refractivity contribution is 0.828. The quantitative estimate of drug-likeness (QED) is 0.799. The van der Waals surface area contributed by atoms with Gasteiger partial charge in [-0.05, 0) is 35.0 Å². The number of rotatable bonds is 1. The van der Waals surface area contributed by atoms with Crippen LogP contribution in [-0.4, -0.2) is 14.8 Å². The van der Waals surface area contributed by atoms with E-state index in [1.807, 2.05) is 19.2 Å². The maximum absolute atomic E-state index is 5.79. The average molecular weight is 273 g/mol. The van der Waals surface area contributed by atoms with Crippen molar-refractivity contribution in [3.63, 3.8) is 0 Å². The first-order valence-electron chi connectivity index (χ1n) is 4.00. The van der Waals surface area contributed by atoms with Crippen molar-refractivity contribution < 1.29 is 0 Å². The number of hydrogen-bond acceptors (Lipinski definition) is 2. The Morgan fingerprint density at radius 2 is 2.29 bits per heavy atom. The molecule has 0 fully saturated rings. The van der Waals surface area contributed by atoms with Gasteiger partial charge in [0, 0.05) is 12.4 Å². The van der Waals surface area contributed by atoms with Crippen molar-refractivity contribution in [3.05, 3.63) is 39.7 Å². The fourth-order valence-corrected chi connectivity index (χ4v) is 1.93. The molecule has 0 radical (unpaired) electrons. The van der Waals surface area contributed by atoms with Crippen LogP contribution in [0.2, 0.25) is 5.02 Å². The summed E-state index contributed by atoms with van der Waals surface area (Å²) in [7, 11) is 0. The van der Waals surface area contributed by atoms with Crippen LogP contribution in [0.25, 0.3) is 5.82 Å². The Hall–Kier alpha value is -0.870. The van der Waals surface area contributed by atoms with E-state index in [1.165, 1.54) is 0 Å². The SMILES string of the molecule is Cc1ccn(-c2ncc(Cl)cc2Br)n1. The molecule has 3 nitrogen and oxygen atoms in total. The minimum absolute atomic E-state index is 0.601. The predicted octanol–water partition coefficient (Wildman–Crippen LogP) is 2.99. The summed E-state index contributed by atoms with van der Waals surface area (Å²) in [6, 6.07) is 3.71. The van der Waals surface area contributed by atoms with E-state index in [4.69, 9.17) is 11.6 Å². The molecule has 0 spiro atoms. The van der Waals surface area contributed by atoms with Crippen LogP contribution in [-0.2, 0) is 0 Å². The van der Waals surface area contributed by atoms with Gasteiger partial charge < -0.3 is 0 Å². The summed E-state index contributed by atoms with van der Waals surface area (Å²) in [5, 5.41) is 4.85. The molecule has 0 saturated carbocycles. The van der Waals surface area contributed by atoms with E-state index in [9.17, 15) is 0 Å². The molecule has 0 N–H and O–H groups in total. The molecule has 0 aromatic carbocycles. The molecule has 0 atom stereocenters. The molecular weight excluding hydrogens is 265 g/mol. The van der Waals surface area contributed by atoms with Crippen LogP contribution in [0.1, 0.15) is 5.69 Å². The molecule has 0 aliphatic rings. The van der Waals surface area contributed by atoms with E-state index in [-0.39, 0.29) is 0 Å². The zero-order chi connectivity index (χ0) is 10.1. The lowest BCUT2D eigenvalue weighted by atomic mass is 10.4. The summed E-state index contributed by atoms with van der Waals surface area (Å²) in [6.45, 7) is 1.93. The number of hydrogen-bond donors (Lipinski definition) is 0. The van der Waals surface area contributed by atoms with Crippen LogP contribution in [0.4, 0.5) is 0 Å². The first-order valence-corrected chi connectivity index (χ1v) is 5.17. The summed E-state index contributed by atoms with van der Waals surface area (Å²) < 4.78 is 2.53. The van der Waals surface area contributed by atoms with Gasteiger partial charge in [0.25, 0.3) is 0 Å². The van der Waals surface area contributed by atoms with Crippen molar-refractivity contribution in [2.24, 2.45) is 0 Å². The van der Waals surface area contributed by atoms with Gasteiger partial charge >= 0.3 is 0 Å². The second-order valence-corrected chi connectivity index (χ2v) is 4.15. The highest BCUT2D eigenvalue weighted by molar-refractivity contribution is 9.10. The van der Waals surface area contributed by atoms with Gasteiger partial charge in [0.15, 0.2) is 5.82 Å². The molecule has 2 aromatic rings. The number of nitrogens with zero attached hydrogens (tertiary/aromatic N) is 3. The zero-order valence-electron chi connectivity index (χ0n) is 7.41. The third-order valence-electron chi connectivity index (χ3n) is 1.73. The topological polar surface area (TPSA) is 30.7 Å². The van der Waals surface area contributed by atoms with Gasteiger partial charge in [-0.15, -0.1) is 0 Å². The van der Waals surface area contributed by atoms with Gasteiger partial charge in [0.1, 0.15) is 0 Å².